The van der Waals surface area contributed by atoms with Crippen LogP contribution in [0.2, 0.25) is 0 Å². The minimum absolute atomic E-state index is 0.105. The highest BCUT2D eigenvalue weighted by Crippen LogP contribution is 2.39. The van der Waals surface area contributed by atoms with Crippen LogP contribution in [-0.2, 0) is 9.31 Å². The molecule has 6 nitrogen and oxygen atoms in total. The number of halogens is 1. The van der Waals surface area contributed by atoms with Gasteiger partial charge in [0, 0.05) is 5.57 Å². The van der Waals surface area contributed by atoms with Gasteiger partial charge in [0.15, 0.2) is 0 Å². The summed E-state index contributed by atoms with van der Waals surface area (Å²) in [5.74, 6) is -1.16. The fourth-order valence-corrected chi connectivity index (χ4v) is 1.87. The Morgan fingerprint density at radius 3 is 2.29 bits per heavy atom. The van der Waals surface area contributed by atoms with Crippen LogP contribution >= 0.6 is 0 Å². The lowest BCUT2D eigenvalue weighted by Crippen LogP contribution is -2.41. The first kappa shape index (κ1) is 15.7. The van der Waals surface area contributed by atoms with Gasteiger partial charge in [0.05, 0.1) is 16.9 Å². The number of hydrogen-bond acceptors (Lipinski definition) is 4. The normalized spacial score (nSPS) is 21.3. The first-order valence-corrected chi connectivity index (χ1v) is 6.56. The van der Waals surface area contributed by atoms with Crippen LogP contribution in [0.3, 0.4) is 0 Å². The highest BCUT2D eigenvalue weighted by atomic mass is 19.1. The molecule has 2 N–H and O–H groups in total. The molecule has 1 aromatic heterocycles. The Balaban J connectivity index is 2.29. The molecule has 0 radical (unpaired) electrons. The molecule has 1 aliphatic rings. The molecule has 0 saturated carbocycles. The Hall–Kier alpha value is -1.67. The smallest absolute Gasteiger partial charge is 0.477 e. The lowest BCUT2D eigenvalue weighted by Gasteiger charge is -2.32. The average molecular weight is 296 g/mol. The number of hydrogen-bond donors (Lipinski definition) is 2. The Morgan fingerprint density at radius 1 is 1.33 bits per heavy atom. The summed E-state index contributed by atoms with van der Waals surface area (Å²) in [7, 11) is -1.13. The Labute approximate surface area is 122 Å². The van der Waals surface area contributed by atoms with Crippen LogP contribution in [0.1, 0.15) is 50.8 Å². The maximum atomic E-state index is 14.5. The zero-order valence-electron chi connectivity index (χ0n) is 12.7. The lowest BCUT2D eigenvalue weighted by atomic mass is 9.84. The van der Waals surface area contributed by atoms with Crippen molar-refractivity contribution >= 4 is 18.7 Å². The quantitative estimate of drug-likeness (QED) is 0.837. The van der Waals surface area contributed by atoms with E-state index in [1.54, 1.807) is 0 Å². The van der Waals surface area contributed by atoms with Crippen LogP contribution in [0.25, 0.3) is 5.57 Å². The summed E-state index contributed by atoms with van der Waals surface area (Å²) < 4.78 is 25.7. The van der Waals surface area contributed by atoms with Crippen LogP contribution in [-0.4, -0.2) is 39.6 Å². The number of carboxylic acid groups (broad SMARTS) is 1. The Morgan fingerprint density at radius 2 is 1.86 bits per heavy atom. The fourth-order valence-electron chi connectivity index (χ4n) is 1.87. The summed E-state index contributed by atoms with van der Waals surface area (Å²) in [5.41, 5.74) is -1.62. The van der Waals surface area contributed by atoms with Gasteiger partial charge in [-0.15, -0.1) is 0 Å². The predicted molar refractivity (Wildman–Crippen MR) is 75.3 cm³/mol. The Kier molecular flexibility index (Phi) is 3.71. The number of nitrogens with one attached hydrogen (secondary N) is 1. The molecule has 0 bridgehead atoms. The maximum absolute atomic E-state index is 14.5. The Bertz CT molecular complexity index is 593. The average Bonchev–Trinajstić information content (AvgIpc) is 2.91. The summed E-state index contributed by atoms with van der Waals surface area (Å²) >= 11 is 0. The van der Waals surface area contributed by atoms with E-state index in [1.165, 1.54) is 13.0 Å². The number of carbonyl (C=O) groups is 1. The van der Waals surface area contributed by atoms with E-state index in [0.29, 0.717) is 0 Å². The molecule has 114 valence electrons. The van der Waals surface area contributed by atoms with E-state index >= 15 is 0 Å². The molecular weight excluding hydrogens is 278 g/mol. The van der Waals surface area contributed by atoms with Crippen molar-refractivity contribution in [2.45, 2.75) is 45.8 Å². The van der Waals surface area contributed by atoms with Gasteiger partial charge < -0.3 is 14.4 Å². The molecule has 21 heavy (non-hydrogen) atoms. The lowest BCUT2D eigenvalue weighted by molar-refractivity contribution is 0.00578. The maximum Gasteiger partial charge on any atom is 0.525 e. The molecule has 1 fully saturated rings. The highest BCUT2D eigenvalue weighted by molar-refractivity contribution is 6.55. The molecule has 0 aromatic carbocycles. The van der Waals surface area contributed by atoms with Gasteiger partial charge in [0.2, 0.25) is 0 Å². The van der Waals surface area contributed by atoms with E-state index in [4.69, 9.17) is 14.4 Å². The van der Waals surface area contributed by atoms with Crippen LogP contribution in [0.15, 0.2) is 11.8 Å². The van der Waals surface area contributed by atoms with Crippen molar-refractivity contribution in [3.63, 3.8) is 0 Å². The molecule has 2 rings (SSSR count). The van der Waals surface area contributed by atoms with E-state index in [9.17, 15) is 9.18 Å². The molecule has 0 unspecified atom stereocenters. The second kappa shape index (κ2) is 4.96. The van der Waals surface area contributed by atoms with E-state index in [-0.39, 0.29) is 17.0 Å². The van der Waals surface area contributed by atoms with Crippen molar-refractivity contribution in [2.24, 2.45) is 0 Å². The van der Waals surface area contributed by atoms with Gasteiger partial charge in [0.1, 0.15) is 11.4 Å². The number of aromatic carboxylic acids is 1. The summed E-state index contributed by atoms with van der Waals surface area (Å²) in [4.78, 5) is 10.8. The number of allylic oxidation sites excluding steroid dienone is 1. The monoisotopic (exact) mass is 296 g/mol. The molecule has 2 heterocycles. The molecule has 1 aliphatic heterocycles. The molecule has 0 atom stereocenters. The van der Waals surface area contributed by atoms with Crippen molar-refractivity contribution in [1.82, 2.24) is 10.2 Å². The largest absolute Gasteiger partial charge is 0.525 e. The van der Waals surface area contributed by atoms with Crippen LogP contribution in [0.5, 0.6) is 0 Å². The summed E-state index contributed by atoms with van der Waals surface area (Å²) in [6, 6.07) is 1.27. The highest BCUT2D eigenvalue weighted by Gasteiger charge is 2.53. The van der Waals surface area contributed by atoms with Gasteiger partial charge in [-0.2, -0.15) is 5.10 Å². The van der Waals surface area contributed by atoms with E-state index in [2.05, 4.69) is 10.2 Å². The zero-order chi connectivity index (χ0) is 16.0. The van der Waals surface area contributed by atoms with E-state index in [0.717, 1.165) is 0 Å². The molecular formula is C13H18BFN2O4. The zero-order valence-corrected chi connectivity index (χ0v) is 12.7. The first-order chi connectivity index (χ1) is 9.55. The number of aromatic nitrogens is 2. The molecule has 8 heteroatoms. The molecule has 0 aliphatic carbocycles. The number of aromatic amines is 1. The predicted octanol–water partition coefficient (Wildman–Crippen LogP) is 2.44. The number of rotatable bonds is 3. The molecule has 0 spiro atoms. The topological polar surface area (TPSA) is 84.4 Å². The van der Waals surface area contributed by atoms with Crippen molar-refractivity contribution in [3.8, 4) is 0 Å². The molecule has 0 amide bonds. The minimum atomic E-state index is -1.16. The van der Waals surface area contributed by atoms with Crippen molar-refractivity contribution < 1.29 is 23.6 Å². The third kappa shape index (κ3) is 2.73. The van der Waals surface area contributed by atoms with Crippen molar-refractivity contribution in [1.29, 1.82) is 0 Å². The standard InChI is InChI=1S/C13H18BFN2O4/c1-7(8-6-9(11(18)19)17-16-8)10(15)14-20-12(2,3)13(4,5)21-14/h6H,1-5H3,(H,16,17)(H,18,19). The molecule has 1 aromatic rings. The fraction of sp³-hybridized carbons (Fsp3) is 0.538. The third-order valence-corrected chi connectivity index (χ3v) is 4.01. The summed E-state index contributed by atoms with van der Waals surface area (Å²) in [6.45, 7) is 8.81. The van der Waals surface area contributed by atoms with Gasteiger partial charge in [-0.05, 0) is 40.7 Å². The van der Waals surface area contributed by atoms with Gasteiger partial charge in [-0.1, -0.05) is 0 Å². The number of H-pyrrole nitrogens is 1. The summed E-state index contributed by atoms with van der Waals surface area (Å²) in [6.07, 6.45) is 0. The van der Waals surface area contributed by atoms with E-state index in [1.807, 2.05) is 27.7 Å². The third-order valence-electron chi connectivity index (χ3n) is 4.01. The second-order valence-electron chi connectivity index (χ2n) is 6.03. The van der Waals surface area contributed by atoms with Gasteiger partial charge in [0.25, 0.3) is 0 Å². The van der Waals surface area contributed by atoms with Crippen LogP contribution in [0.4, 0.5) is 4.39 Å². The van der Waals surface area contributed by atoms with E-state index < -0.39 is 30.0 Å². The summed E-state index contributed by atoms with van der Waals surface area (Å²) in [5, 5.41) is 15.0. The first-order valence-electron chi connectivity index (χ1n) is 6.56. The SMILES string of the molecule is CC(=C(F)B1OC(C)(C)C(C)(C)O1)c1cc(C(=O)O)[nH]n1. The number of nitrogens with zero attached hydrogens (tertiary/aromatic N) is 1. The van der Waals surface area contributed by atoms with Gasteiger partial charge >= 0.3 is 13.1 Å². The van der Waals surface area contributed by atoms with Gasteiger partial charge in [-0.25, -0.2) is 9.18 Å². The van der Waals surface area contributed by atoms with Crippen LogP contribution < -0.4 is 0 Å². The van der Waals surface area contributed by atoms with Gasteiger partial charge in [-0.3, -0.25) is 5.10 Å². The number of carboxylic acids is 1. The van der Waals surface area contributed by atoms with Crippen molar-refractivity contribution in [2.75, 3.05) is 0 Å². The van der Waals surface area contributed by atoms with Crippen LogP contribution in [0, 0.1) is 0 Å². The molecule has 1 saturated heterocycles. The second-order valence-corrected chi connectivity index (χ2v) is 6.03. The minimum Gasteiger partial charge on any atom is -0.477 e. The van der Waals surface area contributed by atoms with Crippen molar-refractivity contribution in [3.05, 3.63) is 23.2 Å².